The average Bonchev–Trinajstić information content (AvgIpc) is 3.10. The first-order valence-electron chi connectivity index (χ1n) is 15.5. The van der Waals surface area contributed by atoms with Crippen molar-refractivity contribution in [3.05, 3.63) is 110 Å². The van der Waals surface area contributed by atoms with Gasteiger partial charge in [-0.15, -0.1) is 0 Å². The number of nitrogens with one attached hydrogen (secondary N) is 1. The smallest absolute Gasteiger partial charge is 0.309 e. The molecule has 2 atom stereocenters. The van der Waals surface area contributed by atoms with Crippen LogP contribution in [0.15, 0.2) is 88.2 Å². The lowest BCUT2D eigenvalue weighted by molar-refractivity contribution is -0.143. The summed E-state index contributed by atoms with van der Waals surface area (Å²) in [5, 5.41) is 14.7. The van der Waals surface area contributed by atoms with Crippen LogP contribution in [0, 0.1) is 5.92 Å². The van der Waals surface area contributed by atoms with Crippen molar-refractivity contribution in [2.75, 3.05) is 48.1 Å². The van der Waals surface area contributed by atoms with Crippen LogP contribution in [0.5, 0.6) is 23.0 Å². The fourth-order valence-electron chi connectivity index (χ4n) is 5.53. The van der Waals surface area contributed by atoms with Crippen molar-refractivity contribution >= 4 is 55.1 Å². The summed E-state index contributed by atoms with van der Waals surface area (Å²) >= 11 is 16.2. The number of sulfonamides is 1. The van der Waals surface area contributed by atoms with E-state index in [4.69, 9.17) is 42.1 Å². The third-order valence-corrected chi connectivity index (χ3v) is 11.2. The number of carboxylic acid groups (broad SMARTS) is 1. The maximum atomic E-state index is 14.2. The van der Waals surface area contributed by atoms with E-state index in [2.05, 4.69) is 21.2 Å². The summed E-state index contributed by atoms with van der Waals surface area (Å²) < 4.78 is 51.9. The van der Waals surface area contributed by atoms with E-state index in [0.717, 1.165) is 11.1 Å². The second-order valence-corrected chi connectivity index (χ2v) is 14.9. The topological polar surface area (TPSA) is 124 Å². The van der Waals surface area contributed by atoms with Gasteiger partial charge in [0.1, 0.15) is 0 Å². The zero-order valence-corrected chi connectivity index (χ0v) is 31.9. The average molecular weight is 811 g/mol. The number of rotatable bonds is 18. The molecule has 0 fully saturated rings. The summed E-state index contributed by atoms with van der Waals surface area (Å²) in [6.45, 7) is -0.0631. The fourth-order valence-corrected chi connectivity index (χ4v) is 7.79. The van der Waals surface area contributed by atoms with E-state index < -0.39 is 28.0 Å². The van der Waals surface area contributed by atoms with Crippen LogP contribution >= 0.6 is 39.1 Å². The van der Waals surface area contributed by atoms with Gasteiger partial charge in [-0.05, 0) is 96.7 Å². The van der Waals surface area contributed by atoms with E-state index in [-0.39, 0.29) is 29.4 Å². The molecule has 50 heavy (non-hydrogen) atoms. The Morgan fingerprint density at radius 3 is 1.88 bits per heavy atom. The van der Waals surface area contributed by atoms with E-state index >= 15 is 0 Å². The zero-order valence-electron chi connectivity index (χ0n) is 28.0. The van der Waals surface area contributed by atoms with Gasteiger partial charge in [-0.3, -0.25) is 4.79 Å². The van der Waals surface area contributed by atoms with E-state index in [1.165, 1.54) is 36.7 Å². The zero-order chi connectivity index (χ0) is 36.4. The summed E-state index contributed by atoms with van der Waals surface area (Å²) in [7, 11) is 1.98. The van der Waals surface area contributed by atoms with Crippen LogP contribution < -0.4 is 24.3 Å². The van der Waals surface area contributed by atoms with Gasteiger partial charge in [0.15, 0.2) is 23.0 Å². The lowest BCUT2D eigenvalue weighted by Gasteiger charge is -2.31. The molecule has 4 rings (SSSR count). The molecule has 0 amide bonds. The monoisotopic (exact) mass is 808 g/mol. The Bertz CT molecular complexity index is 1880. The first-order valence-corrected chi connectivity index (χ1v) is 18.5. The van der Waals surface area contributed by atoms with Crippen LogP contribution in [0.4, 0.5) is 0 Å². The van der Waals surface area contributed by atoms with E-state index in [1.807, 2.05) is 18.2 Å². The maximum absolute atomic E-state index is 14.2. The van der Waals surface area contributed by atoms with Gasteiger partial charge >= 0.3 is 5.97 Å². The molecule has 4 aromatic rings. The number of aliphatic carboxylic acids is 1. The number of methoxy groups -OCH3 is 4. The van der Waals surface area contributed by atoms with Gasteiger partial charge in [0.25, 0.3) is 0 Å². The Morgan fingerprint density at radius 1 is 0.800 bits per heavy atom. The van der Waals surface area contributed by atoms with Crippen LogP contribution in [0.25, 0.3) is 0 Å². The summed E-state index contributed by atoms with van der Waals surface area (Å²) in [5.74, 6) is -0.304. The molecule has 2 unspecified atom stereocenters. The minimum absolute atomic E-state index is 0.0234. The Morgan fingerprint density at radius 2 is 1.36 bits per heavy atom. The molecule has 0 aliphatic rings. The molecule has 0 heterocycles. The van der Waals surface area contributed by atoms with Crippen molar-refractivity contribution in [1.82, 2.24) is 9.62 Å². The molecule has 2 N–H and O–H groups in total. The highest BCUT2D eigenvalue weighted by atomic mass is 79.9. The number of nitrogens with zero attached hydrogens (tertiary/aromatic N) is 1. The van der Waals surface area contributed by atoms with E-state index in [9.17, 15) is 18.3 Å². The minimum atomic E-state index is -4.17. The highest BCUT2D eigenvalue weighted by molar-refractivity contribution is 9.10. The summed E-state index contributed by atoms with van der Waals surface area (Å²) in [6.07, 6.45) is 0.760. The van der Waals surface area contributed by atoms with Gasteiger partial charge in [-0.1, -0.05) is 57.3 Å². The predicted molar refractivity (Wildman–Crippen MR) is 198 cm³/mol. The molecule has 14 heteroatoms. The Kier molecular flexibility index (Phi) is 14.2. The minimum Gasteiger partial charge on any atom is -0.493 e. The molecule has 0 radical (unpaired) electrons. The van der Waals surface area contributed by atoms with Gasteiger partial charge in [-0.25, -0.2) is 8.42 Å². The van der Waals surface area contributed by atoms with Crippen LogP contribution in [0.3, 0.4) is 0 Å². The molecule has 0 bridgehead atoms. The molecular weight excluding hydrogens is 771 g/mol. The molecular formula is C36H39BrCl2N2O8S. The number of ether oxygens (including phenoxy) is 4. The predicted octanol–water partition coefficient (Wildman–Crippen LogP) is 7.30. The third kappa shape index (κ3) is 9.83. The molecule has 0 saturated carbocycles. The number of carboxylic acids is 1. The maximum Gasteiger partial charge on any atom is 0.309 e. The quantitative estimate of drug-likeness (QED) is 0.107. The number of hydrogen-bond donors (Lipinski definition) is 2. The number of carbonyl (C=O) groups is 1. The van der Waals surface area contributed by atoms with Crippen LogP contribution in [-0.2, 0) is 27.7 Å². The van der Waals surface area contributed by atoms with Crippen LogP contribution in [0.2, 0.25) is 10.0 Å². The van der Waals surface area contributed by atoms with Gasteiger partial charge in [-0.2, -0.15) is 4.31 Å². The van der Waals surface area contributed by atoms with E-state index in [1.54, 1.807) is 56.7 Å². The lowest BCUT2D eigenvalue weighted by Crippen LogP contribution is -2.44. The molecule has 0 aromatic heterocycles. The number of benzene rings is 4. The van der Waals surface area contributed by atoms with Crippen LogP contribution in [0.1, 0.15) is 22.7 Å². The van der Waals surface area contributed by atoms with Crippen molar-refractivity contribution < 1.29 is 37.3 Å². The standard InChI is InChI=1S/C36H39BrCl2N2O8S/c1-46-31-13-5-23(19-33(31)48-3)15-17-40-35(28-12-9-26(38)21-30(28)39)29(36(42)43)22-41(50(44,45)27-10-7-25(37)8-11-27)18-16-24-6-14-32(47-2)34(20-24)49-4/h5-14,19-21,29,35,40H,15-18,22H2,1-4H3,(H,42,43). The number of hydrogen-bond acceptors (Lipinski definition) is 8. The van der Waals surface area contributed by atoms with Crippen molar-refractivity contribution in [3.63, 3.8) is 0 Å². The summed E-state index contributed by atoms with van der Waals surface area (Å²) in [4.78, 5) is 13.2. The first kappa shape index (κ1) is 39.3. The molecule has 4 aromatic carbocycles. The largest absolute Gasteiger partial charge is 0.493 e. The summed E-state index contributed by atoms with van der Waals surface area (Å²) in [6, 6.07) is 21.0. The highest BCUT2D eigenvalue weighted by Gasteiger charge is 2.36. The first-order chi connectivity index (χ1) is 23.9. The lowest BCUT2D eigenvalue weighted by atomic mass is 9.92. The van der Waals surface area contributed by atoms with Crippen LogP contribution in [-0.4, -0.2) is 71.9 Å². The van der Waals surface area contributed by atoms with Gasteiger partial charge in [0.05, 0.1) is 39.3 Å². The van der Waals surface area contributed by atoms with E-state index in [0.29, 0.717) is 51.0 Å². The number of halogens is 3. The molecule has 10 nitrogen and oxygen atoms in total. The molecule has 0 aliphatic heterocycles. The van der Waals surface area contributed by atoms with Gasteiger partial charge in [0, 0.05) is 33.6 Å². The van der Waals surface area contributed by atoms with Crippen molar-refractivity contribution in [1.29, 1.82) is 0 Å². The van der Waals surface area contributed by atoms with Crippen molar-refractivity contribution in [2.45, 2.75) is 23.8 Å². The summed E-state index contributed by atoms with van der Waals surface area (Å²) in [5.41, 5.74) is 2.16. The SMILES string of the molecule is COc1ccc(CCNC(c2ccc(Cl)cc2Cl)C(CN(CCc2ccc(OC)c(OC)c2)S(=O)(=O)c2ccc(Br)cc2)C(=O)O)cc1OC. The Labute approximate surface area is 311 Å². The third-order valence-electron chi connectivity index (χ3n) is 8.19. The Hall–Kier alpha value is -3.52. The van der Waals surface area contributed by atoms with Gasteiger partial charge < -0.3 is 29.4 Å². The second-order valence-electron chi connectivity index (χ2n) is 11.2. The molecule has 0 spiro atoms. The van der Waals surface area contributed by atoms with Crippen molar-refractivity contribution in [2.24, 2.45) is 5.92 Å². The van der Waals surface area contributed by atoms with Gasteiger partial charge in [0.2, 0.25) is 10.0 Å². The van der Waals surface area contributed by atoms with Crippen molar-refractivity contribution in [3.8, 4) is 23.0 Å². The highest BCUT2D eigenvalue weighted by Crippen LogP contribution is 2.34. The second kappa shape index (κ2) is 18.1. The molecule has 0 saturated heterocycles. The molecule has 268 valence electrons. The normalized spacial score (nSPS) is 12.7. The Balaban J connectivity index is 1.70. The fraction of sp³-hybridized carbons (Fsp3) is 0.306. The molecule has 0 aliphatic carbocycles.